The number of aliphatic carboxylic acids is 1. The quantitative estimate of drug-likeness (QED) is 0.797. The maximum atomic E-state index is 10.7. The molecule has 0 bridgehead atoms. The second-order valence-electron chi connectivity index (χ2n) is 5.53. The number of hydrogen-bond donors (Lipinski definition) is 1. The molecule has 0 saturated carbocycles. The maximum absolute atomic E-state index is 10.7. The molecule has 0 aromatic heterocycles. The van der Waals surface area contributed by atoms with Gasteiger partial charge in [-0.15, -0.1) is 0 Å². The fraction of sp³-hybridized carbons (Fsp3) is 0.500. The second-order valence-corrected chi connectivity index (χ2v) is 5.53. The summed E-state index contributed by atoms with van der Waals surface area (Å²) in [5, 5.41) is 17.7. The molecule has 0 atom stereocenters. The molecule has 1 aliphatic rings. The number of carboxylic acids is 1. The van der Waals surface area contributed by atoms with E-state index >= 15 is 0 Å². The fourth-order valence-corrected chi connectivity index (χ4v) is 2.55. The van der Waals surface area contributed by atoms with Gasteiger partial charge in [-0.25, -0.2) is 0 Å². The van der Waals surface area contributed by atoms with Crippen LogP contribution in [0, 0.1) is 11.3 Å². The van der Waals surface area contributed by atoms with Crippen molar-refractivity contribution in [1.29, 1.82) is 5.26 Å². The van der Waals surface area contributed by atoms with Gasteiger partial charge < -0.3 is 19.8 Å². The molecule has 0 unspecified atom stereocenters. The van der Waals surface area contributed by atoms with Gasteiger partial charge in [0.25, 0.3) is 0 Å². The van der Waals surface area contributed by atoms with Crippen molar-refractivity contribution < 1.29 is 9.90 Å². The van der Waals surface area contributed by atoms with Gasteiger partial charge in [0.05, 0.1) is 12.5 Å². The zero-order valence-corrected chi connectivity index (χ0v) is 12.9. The highest BCUT2D eigenvalue weighted by Gasteiger charge is 2.15. The van der Waals surface area contributed by atoms with Crippen molar-refractivity contribution >= 4 is 17.3 Å². The number of nitrogens with zero attached hydrogens (tertiary/aromatic N) is 4. The van der Waals surface area contributed by atoms with E-state index in [0.717, 1.165) is 31.9 Å². The molecule has 0 aliphatic carbocycles. The molecular formula is C16H22N4O2. The van der Waals surface area contributed by atoms with Crippen LogP contribution in [0.3, 0.4) is 0 Å². The summed E-state index contributed by atoms with van der Waals surface area (Å²) in [4.78, 5) is 17.2. The lowest BCUT2D eigenvalue weighted by molar-refractivity contribution is -0.136. The van der Waals surface area contributed by atoms with Crippen LogP contribution in [0.1, 0.15) is 6.42 Å². The summed E-state index contributed by atoms with van der Waals surface area (Å²) in [5.41, 5.74) is 2.06. The van der Waals surface area contributed by atoms with Gasteiger partial charge in [0.15, 0.2) is 0 Å². The minimum absolute atomic E-state index is 0.0297. The number of likely N-dealkylation sites (N-methyl/N-ethyl adjacent to an activating group) is 1. The van der Waals surface area contributed by atoms with Crippen LogP contribution >= 0.6 is 0 Å². The van der Waals surface area contributed by atoms with Crippen LogP contribution < -0.4 is 9.80 Å². The summed E-state index contributed by atoms with van der Waals surface area (Å²) in [6.45, 7) is 4.67. The van der Waals surface area contributed by atoms with Crippen molar-refractivity contribution in [1.82, 2.24) is 4.90 Å². The molecule has 0 spiro atoms. The SMILES string of the molecule is CN1CCN(c2ccc(N(CC#N)CCC(=O)O)cc2)CC1. The first-order valence-corrected chi connectivity index (χ1v) is 7.47. The van der Waals surface area contributed by atoms with E-state index in [9.17, 15) is 4.79 Å². The average molecular weight is 302 g/mol. The Bertz CT molecular complexity index is 530. The Morgan fingerprint density at radius 3 is 2.45 bits per heavy atom. The molecule has 118 valence electrons. The van der Waals surface area contributed by atoms with Crippen LogP contribution in [-0.4, -0.2) is 62.3 Å². The predicted octanol–water partition coefficient (Wildman–Crippen LogP) is 1.24. The smallest absolute Gasteiger partial charge is 0.305 e. The van der Waals surface area contributed by atoms with E-state index in [1.165, 1.54) is 5.69 Å². The third-order valence-electron chi connectivity index (χ3n) is 3.94. The van der Waals surface area contributed by atoms with E-state index < -0.39 is 5.97 Å². The van der Waals surface area contributed by atoms with Crippen LogP contribution in [0.5, 0.6) is 0 Å². The Balaban J connectivity index is 2.02. The topological polar surface area (TPSA) is 70.8 Å². The van der Waals surface area contributed by atoms with Gasteiger partial charge in [0.1, 0.15) is 6.54 Å². The molecule has 1 saturated heterocycles. The number of piperazine rings is 1. The van der Waals surface area contributed by atoms with Gasteiger partial charge in [-0.3, -0.25) is 4.79 Å². The number of anilines is 2. The highest BCUT2D eigenvalue weighted by Crippen LogP contribution is 2.22. The number of carbonyl (C=O) groups is 1. The first-order chi connectivity index (χ1) is 10.6. The summed E-state index contributed by atoms with van der Waals surface area (Å²) in [6.07, 6.45) is 0.0297. The fourth-order valence-electron chi connectivity index (χ4n) is 2.55. The van der Waals surface area contributed by atoms with E-state index in [4.69, 9.17) is 10.4 Å². The Labute approximate surface area is 131 Å². The van der Waals surface area contributed by atoms with E-state index in [0.29, 0.717) is 6.54 Å². The molecule has 1 N–H and O–H groups in total. The summed E-state index contributed by atoms with van der Waals surface area (Å²) in [5.74, 6) is -0.850. The van der Waals surface area contributed by atoms with Crippen molar-refractivity contribution in [3.05, 3.63) is 24.3 Å². The Hall–Kier alpha value is -2.26. The lowest BCUT2D eigenvalue weighted by atomic mass is 10.2. The molecule has 6 nitrogen and oxygen atoms in total. The van der Waals surface area contributed by atoms with Gasteiger partial charge in [-0.05, 0) is 31.3 Å². The molecule has 0 amide bonds. The zero-order valence-electron chi connectivity index (χ0n) is 12.9. The van der Waals surface area contributed by atoms with E-state index in [-0.39, 0.29) is 13.0 Å². The van der Waals surface area contributed by atoms with Crippen molar-refractivity contribution in [3.63, 3.8) is 0 Å². The first kappa shape index (κ1) is 16.1. The largest absolute Gasteiger partial charge is 0.481 e. The molecule has 1 aromatic rings. The van der Waals surface area contributed by atoms with Gasteiger partial charge in [0, 0.05) is 44.1 Å². The third kappa shape index (κ3) is 4.37. The van der Waals surface area contributed by atoms with Crippen molar-refractivity contribution in [3.8, 4) is 6.07 Å². The number of carboxylic acid groups (broad SMARTS) is 1. The number of nitriles is 1. The van der Waals surface area contributed by atoms with Gasteiger partial charge in [-0.1, -0.05) is 0 Å². The summed E-state index contributed by atoms with van der Waals surface area (Å²) in [7, 11) is 2.13. The molecule has 1 aromatic carbocycles. The highest BCUT2D eigenvalue weighted by atomic mass is 16.4. The minimum atomic E-state index is -0.850. The minimum Gasteiger partial charge on any atom is -0.481 e. The van der Waals surface area contributed by atoms with Crippen LogP contribution in [0.4, 0.5) is 11.4 Å². The Morgan fingerprint density at radius 2 is 1.91 bits per heavy atom. The Kier molecular flexibility index (Phi) is 5.61. The number of hydrogen-bond acceptors (Lipinski definition) is 5. The Morgan fingerprint density at radius 1 is 1.27 bits per heavy atom. The average Bonchev–Trinajstić information content (AvgIpc) is 2.52. The van der Waals surface area contributed by atoms with Gasteiger partial charge in [-0.2, -0.15) is 5.26 Å². The van der Waals surface area contributed by atoms with Gasteiger partial charge >= 0.3 is 5.97 Å². The summed E-state index contributed by atoms with van der Waals surface area (Å²) >= 11 is 0. The standard InChI is InChI=1S/C16H22N4O2/c1-18-10-12-20(13-11-18)15-4-2-14(3-5-15)19(9-7-17)8-6-16(21)22/h2-5H,6,8-13H2,1H3,(H,21,22). The van der Waals surface area contributed by atoms with E-state index in [2.05, 4.69) is 22.9 Å². The molecule has 1 aliphatic heterocycles. The lowest BCUT2D eigenvalue weighted by Gasteiger charge is -2.34. The molecule has 0 radical (unpaired) electrons. The number of benzene rings is 1. The first-order valence-electron chi connectivity index (χ1n) is 7.47. The normalized spacial score (nSPS) is 15.4. The van der Waals surface area contributed by atoms with E-state index in [1.54, 1.807) is 4.90 Å². The highest BCUT2D eigenvalue weighted by molar-refractivity contribution is 5.68. The molecular weight excluding hydrogens is 280 g/mol. The van der Waals surface area contributed by atoms with E-state index in [1.807, 2.05) is 24.3 Å². The van der Waals surface area contributed by atoms with Crippen molar-refractivity contribution in [2.75, 3.05) is 56.1 Å². The van der Waals surface area contributed by atoms with Crippen LogP contribution in [0.2, 0.25) is 0 Å². The van der Waals surface area contributed by atoms with Crippen molar-refractivity contribution in [2.24, 2.45) is 0 Å². The molecule has 2 rings (SSSR count). The van der Waals surface area contributed by atoms with Gasteiger partial charge in [0.2, 0.25) is 0 Å². The van der Waals surface area contributed by atoms with Crippen LogP contribution in [-0.2, 0) is 4.79 Å². The zero-order chi connectivity index (χ0) is 15.9. The van der Waals surface area contributed by atoms with Crippen molar-refractivity contribution in [2.45, 2.75) is 6.42 Å². The molecule has 22 heavy (non-hydrogen) atoms. The summed E-state index contributed by atoms with van der Waals surface area (Å²) in [6, 6.07) is 10.1. The second kappa shape index (κ2) is 7.66. The lowest BCUT2D eigenvalue weighted by Crippen LogP contribution is -2.44. The molecule has 1 heterocycles. The number of rotatable bonds is 6. The van der Waals surface area contributed by atoms with Crippen LogP contribution in [0.15, 0.2) is 24.3 Å². The maximum Gasteiger partial charge on any atom is 0.305 e. The third-order valence-corrected chi connectivity index (χ3v) is 3.94. The summed E-state index contributed by atoms with van der Waals surface area (Å²) < 4.78 is 0. The predicted molar refractivity (Wildman–Crippen MR) is 86.2 cm³/mol. The molecule has 1 fully saturated rings. The molecule has 6 heteroatoms. The monoisotopic (exact) mass is 302 g/mol. The van der Waals surface area contributed by atoms with Crippen LogP contribution in [0.25, 0.3) is 0 Å².